The maximum Gasteiger partial charge on any atom is 0.325 e. The molecule has 0 radical (unpaired) electrons. The summed E-state index contributed by atoms with van der Waals surface area (Å²) in [5.41, 5.74) is 5.89. The number of carbonyl (C=O) groups is 1. The first-order valence-electron chi connectivity index (χ1n) is 6.06. The van der Waals surface area contributed by atoms with Crippen molar-refractivity contribution in [3.05, 3.63) is 42.0 Å². The summed E-state index contributed by atoms with van der Waals surface area (Å²) in [4.78, 5) is 13.1. The van der Waals surface area contributed by atoms with Crippen molar-refractivity contribution in [3.8, 4) is 0 Å². The molecule has 1 aromatic rings. The molecule has 1 unspecified atom stereocenters. The van der Waals surface area contributed by atoms with Gasteiger partial charge in [-0.25, -0.2) is 0 Å². The monoisotopic (exact) mass is 246 g/mol. The number of carboxylic acids is 1. The van der Waals surface area contributed by atoms with Gasteiger partial charge in [-0.2, -0.15) is 0 Å². The van der Waals surface area contributed by atoms with Crippen molar-refractivity contribution < 1.29 is 9.90 Å². The van der Waals surface area contributed by atoms with Gasteiger partial charge in [0.25, 0.3) is 0 Å². The Kier molecular flexibility index (Phi) is 3.79. The Labute approximate surface area is 107 Å². The molecule has 4 heteroatoms. The van der Waals surface area contributed by atoms with Crippen LogP contribution in [-0.2, 0) is 4.79 Å². The molecule has 0 saturated carbocycles. The summed E-state index contributed by atoms with van der Waals surface area (Å²) in [6, 6.07) is 10.0. The molecule has 1 aromatic carbocycles. The van der Waals surface area contributed by atoms with Crippen LogP contribution in [-0.4, -0.2) is 41.1 Å². The molecule has 2 rings (SSSR count). The van der Waals surface area contributed by atoms with E-state index >= 15 is 0 Å². The van der Waals surface area contributed by atoms with Crippen LogP contribution in [0, 0.1) is 0 Å². The third-order valence-electron chi connectivity index (χ3n) is 3.28. The number of carboxylic acid groups (broad SMARTS) is 1. The smallest absolute Gasteiger partial charge is 0.325 e. The zero-order valence-electron chi connectivity index (χ0n) is 10.2. The molecule has 1 saturated heterocycles. The van der Waals surface area contributed by atoms with E-state index in [9.17, 15) is 4.79 Å². The lowest BCUT2D eigenvalue weighted by Crippen LogP contribution is -2.50. The van der Waals surface area contributed by atoms with Crippen LogP contribution < -0.4 is 5.73 Å². The van der Waals surface area contributed by atoms with Crippen LogP contribution in [0.15, 0.2) is 36.4 Å². The summed E-state index contributed by atoms with van der Waals surface area (Å²) in [5.74, 6) is -0.906. The van der Waals surface area contributed by atoms with E-state index in [1.165, 1.54) is 0 Å². The van der Waals surface area contributed by atoms with Crippen molar-refractivity contribution in [1.29, 1.82) is 0 Å². The van der Waals surface area contributed by atoms with Crippen molar-refractivity contribution in [2.75, 3.05) is 19.6 Å². The molecular formula is C14H18N2O2. The van der Waals surface area contributed by atoms with E-state index in [4.69, 9.17) is 10.8 Å². The highest BCUT2D eigenvalue weighted by molar-refractivity contribution is 5.79. The van der Waals surface area contributed by atoms with E-state index in [-0.39, 0.29) is 0 Å². The first-order valence-corrected chi connectivity index (χ1v) is 6.06. The molecular weight excluding hydrogens is 228 g/mol. The molecule has 3 N–H and O–H groups in total. The summed E-state index contributed by atoms with van der Waals surface area (Å²) in [7, 11) is 0. The first kappa shape index (κ1) is 12.8. The van der Waals surface area contributed by atoms with Gasteiger partial charge < -0.3 is 10.8 Å². The lowest BCUT2D eigenvalue weighted by atomic mass is 10.0. The lowest BCUT2D eigenvalue weighted by Gasteiger charge is -2.18. The van der Waals surface area contributed by atoms with Crippen LogP contribution >= 0.6 is 0 Å². The lowest BCUT2D eigenvalue weighted by molar-refractivity contribution is -0.142. The van der Waals surface area contributed by atoms with Gasteiger partial charge in [0.05, 0.1) is 0 Å². The van der Waals surface area contributed by atoms with Crippen molar-refractivity contribution in [2.45, 2.75) is 12.0 Å². The minimum atomic E-state index is -1.07. The fraction of sp³-hybridized carbons (Fsp3) is 0.357. The average Bonchev–Trinajstić information content (AvgIpc) is 2.74. The number of nitrogens with two attached hydrogens (primary N) is 1. The van der Waals surface area contributed by atoms with Gasteiger partial charge in [0.2, 0.25) is 0 Å². The van der Waals surface area contributed by atoms with Crippen LogP contribution in [0.5, 0.6) is 0 Å². The largest absolute Gasteiger partial charge is 0.480 e. The van der Waals surface area contributed by atoms with Crippen LogP contribution in [0.4, 0.5) is 0 Å². The maximum absolute atomic E-state index is 11.0. The Morgan fingerprint density at radius 2 is 2.17 bits per heavy atom. The van der Waals surface area contributed by atoms with Crippen molar-refractivity contribution in [2.24, 2.45) is 5.73 Å². The van der Waals surface area contributed by atoms with E-state index in [2.05, 4.69) is 4.90 Å². The quantitative estimate of drug-likeness (QED) is 0.837. The van der Waals surface area contributed by atoms with Gasteiger partial charge in [-0.1, -0.05) is 42.5 Å². The number of aliphatic carboxylic acids is 1. The number of hydrogen-bond acceptors (Lipinski definition) is 3. The van der Waals surface area contributed by atoms with Gasteiger partial charge >= 0.3 is 5.97 Å². The third-order valence-corrected chi connectivity index (χ3v) is 3.28. The molecule has 1 aliphatic rings. The number of benzene rings is 1. The second kappa shape index (κ2) is 5.33. The highest BCUT2D eigenvalue weighted by Crippen LogP contribution is 2.18. The Bertz CT molecular complexity index is 444. The minimum Gasteiger partial charge on any atom is -0.480 e. The minimum absolute atomic E-state index is 0.418. The van der Waals surface area contributed by atoms with E-state index in [0.29, 0.717) is 13.0 Å². The van der Waals surface area contributed by atoms with Crippen LogP contribution in [0.2, 0.25) is 0 Å². The van der Waals surface area contributed by atoms with Gasteiger partial charge in [-0.3, -0.25) is 9.69 Å². The van der Waals surface area contributed by atoms with E-state index in [0.717, 1.165) is 18.7 Å². The highest BCUT2D eigenvalue weighted by Gasteiger charge is 2.40. The van der Waals surface area contributed by atoms with Gasteiger partial charge in [0, 0.05) is 19.6 Å². The molecule has 0 spiro atoms. The summed E-state index contributed by atoms with van der Waals surface area (Å²) < 4.78 is 0. The van der Waals surface area contributed by atoms with E-state index in [1.54, 1.807) is 0 Å². The predicted molar refractivity (Wildman–Crippen MR) is 71.1 cm³/mol. The fourth-order valence-electron chi connectivity index (χ4n) is 2.15. The molecule has 0 aromatic heterocycles. The third kappa shape index (κ3) is 2.97. The molecule has 0 aliphatic carbocycles. The molecule has 96 valence electrons. The first-order chi connectivity index (χ1) is 8.60. The second-order valence-electron chi connectivity index (χ2n) is 4.76. The van der Waals surface area contributed by atoms with Gasteiger partial charge in [-0.05, 0) is 12.0 Å². The summed E-state index contributed by atoms with van der Waals surface area (Å²) in [5, 5.41) is 9.02. The summed E-state index contributed by atoms with van der Waals surface area (Å²) in [6.07, 6.45) is 4.60. The second-order valence-corrected chi connectivity index (χ2v) is 4.76. The molecule has 18 heavy (non-hydrogen) atoms. The van der Waals surface area contributed by atoms with Crippen molar-refractivity contribution in [3.63, 3.8) is 0 Å². The van der Waals surface area contributed by atoms with E-state index < -0.39 is 11.5 Å². The Morgan fingerprint density at radius 1 is 1.44 bits per heavy atom. The van der Waals surface area contributed by atoms with Crippen molar-refractivity contribution >= 4 is 12.0 Å². The Morgan fingerprint density at radius 3 is 2.78 bits per heavy atom. The molecule has 0 amide bonds. The molecule has 1 atom stereocenters. The zero-order valence-corrected chi connectivity index (χ0v) is 10.2. The van der Waals surface area contributed by atoms with Crippen LogP contribution in [0.3, 0.4) is 0 Å². The Hall–Kier alpha value is -1.65. The number of likely N-dealkylation sites (tertiary alicyclic amines) is 1. The number of nitrogens with zero attached hydrogens (tertiary/aromatic N) is 1. The predicted octanol–water partition coefficient (Wildman–Crippen LogP) is 1.19. The number of hydrogen-bond donors (Lipinski definition) is 2. The average molecular weight is 246 g/mol. The highest BCUT2D eigenvalue weighted by atomic mass is 16.4. The standard InChI is InChI=1S/C14H18N2O2/c15-14(13(17)18)8-10-16(11-14)9-4-7-12-5-2-1-3-6-12/h1-7H,8-11,15H2,(H,17,18)/b7-4+. The maximum atomic E-state index is 11.0. The SMILES string of the molecule is NC1(C(=O)O)CCN(C/C=C/c2ccccc2)C1. The Balaban J connectivity index is 1.86. The normalized spacial score (nSPS) is 24.7. The molecule has 1 heterocycles. The summed E-state index contributed by atoms with van der Waals surface area (Å²) in [6.45, 7) is 1.89. The van der Waals surface area contributed by atoms with Gasteiger partial charge in [-0.15, -0.1) is 0 Å². The van der Waals surface area contributed by atoms with Crippen molar-refractivity contribution in [1.82, 2.24) is 4.90 Å². The molecule has 0 bridgehead atoms. The fourth-order valence-corrected chi connectivity index (χ4v) is 2.15. The van der Waals surface area contributed by atoms with Gasteiger partial charge in [0.15, 0.2) is 0 Å². The number of rotatable bonds is 4. The van der Waals surface area contributed by atoms with Gasteiger partial charge in [0.1, 0.15) is 5.54 Å². The topological polar surface area (TPSA) is 66.6 Å². The van der Waals surface area contributed by atoms with Crippen LogP contribution in [0.25, 0.3) is 6.08 Å². The van der Waals surface area contributed by atoms with Crippen LogP contribution in [0.1, 0.15) is 12.0 Å². The summed E-state index contributed by atoms with van der Waals surface area (Å²) >= 11 is 0. The zero-order chi connectivity index (χ0) is 13.0. The van der Waals surface area contributed by atoms with E-state index in [1.807, 2.05) is 42.5 Å². The molecule has 1 fully saturated rings. The molecule has 4 nitrogen and oxygen atoms in total. The molecule has 1 aliphatic heterocycles.